The summed E-state index contributed by atoms with van der Waals surface area (Å²) in [6.07, 6.45) is 3.61. The zero-order valence-corrected chi connectivity index (χ0v) is 9.76. The van der Waals surface area contributed by atoms with Crippen molar-refractivity contribution in [2.24, 2.45) is 0 Å². The predicted molar refractivity (Wildman–Crippen MR) is 67.0 cm³/mol. The molecule has 0 amide bonds. The molecule has 2 aromatic heterocycles. The molecule has 3 rings (SSSR count). The smallest absolute Gasteiger partial charge is 0.180 e. The van der Waals surface area contributed by atoms with Gasteiger partial charge in [0.25, 0.3) is 0 Å². The first kappa shape index (κ1) is 10.8. The molecule has 90 valence electrons. The molecule has 1 aromatic carbocycles. The zero-order valence-electron chi connectivity index (χ0n) is 9.76. The Labute approximate surface area is 103 Å². The molecule has 3 nitrogen and oxygen atoms in total. The number of nitrogens with zero attached hydrogens (tertiary/aromatic N) is 2. The summed E-state index contributed by atoms with van der Waals surface area (Å²) in [5.74, 6) is -0.104. The summed E-state index contributed by atoms with van der Waals surface area (Å²) in [4.78, 5) is 4.34. The summed E-state index contributed by atoms with van der Waals surface area (Å²) in [6, 6.07) is 8.18. The van der Waals surface area contributed by atoms with Gasteiger partial charge in [-0.15, -0.1) is 0 Å². The van der Waals surface area contributed by atoms with Crippen molar-refractivity contribution >= 4 is 5.65 Å². The number of aromatic nitrogens is 2. The van der Waals surface area contributed by atoms with Crippen LogP contribution in [-0.4, -0.2) is 14.5 Å². The topological polar surface area (TPSA) is 37.5 Å². The monoisotopic (exact) mass is 242 g/mol. The van der Waals surface area contributed by atoms with Gasteiger partial charge < -0.3 is 9.51 Å². The Morgan fingerprint density at radius 3 is 2.83 bits per heavy atom. The highest BCUT2D eigenvalue weighted by Gasteiger charge is 2.08. The van der Waals surface area contributed by atoms with Gasteiger partial charge >= 0.3 is 0 Å². The minimum absolute atomic E-state index is 0.127. The van der Waals surface area contributed by atoms with Gasteiger partial charge in [-0.05, 0) is 42.8 Å². The molecule has 0 unspecified atom stereocenters. The van der Waals surface area contributed by atoms with Crippen LogP contribution in [0.2, 0.25) is 0 Å². The first-order chi connectivity index (χ1) is 8.65. The van der Waals surface area contributed by atoms with Gasteiger partial charge in [-0.25, -0.2) is 9.37 Å². The fraction of sp³-hybridized carbons (Fsp3) is 0.0714. The van der Waals surface area contributed by atoms with Crippen LogP contribution in [-0.2, 0) is 0 Å². The molecule has 4 heteroatoms. The summed E-state index contributed by atoms with van der Waals surface area (Å²) in [6.45, 7) is 1.71. The van der Waals surface area contributed by atoms with Crippen LogP contribution in [0.4, 0.5) is 4.39 Å². The maximum absolute atomic E-state index is 13.2. The number of imidazole rings is 1. The molecule has 18 heavy (non-hydrogen) atoms. The Hall–Kier alpha value is -2.36. The summed E-state index contributed by atoms with van der Waals surface area (Å²) >= 11 is 0. The number of aryl methyl sites for hydroxylation is 1. The largest absolute Gasteiger partial charge is 0.504 e. The Kier molecular flexibility index (Phi) is 2.30. The number of rotatable bonds is 1. The summed E-state index contributed by atoms with van der Waals surface area (Å²) in [7, 11) is 0. The average Bonchev–Trinajstić information content (AvgIpc) is 2.78. The van der Waals surface area contributed by atoms with Gasteiger partial charge in [-0.2, -0.15) is 0 Å². The second kappa shape index (κ2) is 3.84. The van der Waals surface area contributed by atoms with Crippen LogP contribution in [0, 0.1) is 12.7 Å². The summed E-state index contributed by atoms with van der Waals surface area (Å²) < 4.78 is 15.0. The van der Waals surface area contributed by atoms with E-state index in [9.17, 15) is 9.50 Å². The number of halogens is 1. The Morgan fingerprint density at radius 1 is 1.28 bits per heavy atom. The molecule has 0 aliphatic heterocycles. The standard InChI is InChI=1S/C14H11FN2O/c1-9-7-10(4-5-11(9)15)12-8-17-6-2-3-13(18)14(17)16-12/h2-8,18H,1H3. The van der Waals surface area contributed by atoms with E-state index >= 15 is 0 Å². The van der Waals surface area contributed by atoms with Gasteiger partial charge in [-0.1, -0.05) is 0 Å². The van der Waals surface area contributed by atoms with Crippen molar-refractivity contribution in [2.45, 2.75) is 6.92 Å². The van der Waals surface area contributed by atoms with Gasteiger partial charge in [0, 0.05) is 18.0 Å². The van der Waals surface area contributed by atoms with Crippen LogP contribution in [0.3, 0.4) is 0 Å². The lowest BCUT2D eigenvalue weighted by Gasteiger charge is -1.99. The van der Waals surface area contributed by atoms with Crippen LogP contribution in [0.15, 0.2) is 42.7 Å². The Balaban J connectivity index is 2.19. The highest BCUT2D eigenvalue weighted by atomic mass is 19.1. The van der Waals surface area contributed by atoms with Crippen molar-refractivity contribution in [3.63, 3.8) is 0 Å². The molecule has 0 aliphatic carbocycles. The SMILES string of the molecule is Cc1cc(-c2cn3cccc(O)c3n2)ccc1F. The first-order valence-electron chi connectivity index (χ1n) is 5.58. The lowest BCUT2D eigenvalue weighted by atomic mass is 10.1. The minimum atomic E-state index is -0.231. The number of aromatic hydroxyl groups is 1. The second-order valence-electron chi connectivity index (χ2n) is 4.21. The van der Waals surface area contributed by atoms with Crippen molar-refractivity contribution < 1.29 is 9.50 Å². The van der Waals surface area contributed by atoms with E-state index in [0.29, 0.717) is 16.9 Å². The minimum Gasteiger partial charge on any atom is -0.504 e. The molecule has 0 saturated heterocycles. The molecule has 3 aromatic rings. The molecule has 0 saturated carbocycles. The maximum Gasteiger partial charge on any atom is 0.180 e. The van der Waals surface area contributed by atoms with Crippen LogP contribution in [0.5, 0.6) is 5.75 Å². The predicted octanol–water partition coefficient (Wildman–Crippen LogP) is 3.15. The average molecular weight is 242 g/mol. The van der Waals surface area contributed by atoms with E-state index < -0.39 is 0 Å². The fourth-order valence-electron chi connectivity index (χ4n) is 1.94. The third-order valence-corrected chi connectivity index (χ3v) is 2.92. The van der Waals surface area contributed by atoms with E-state index in [2.05, 4.69) is 4.98 Å². The third kappa shape index (κ3) is 1.62. The molecule has 2 heterocycles. The van der Waals surface area contributed by atoms with Crippen molar-refractivity contribution in [3.8, 4) is 17.0 Å². The molecular weight excluding hydrogens is 231 g/mol. The molecule has 0 radical (unpaired) electrons. The molecule has 0 fully saturated rings. The van der Waals surface area contributed by atoms with E-state index in [-0.39, 0.29) is 11.6 Å². The second-order valence-corrected chi connectivity index (χ2v) is 4.21. The zero-order chi connectivity index (χ0) is 12.7. The lowest BCUT2D eigenvalue weighted by molar-refractivity contribution is 0.477. The van der Waals surface area contributed by atoms with E-state index in [1.54, 1.807) is 35.6 Å². The fourth-order valence-corrected chi connectivity index (χ4v) is 1.94. The normalized spacial score (nSPS) is 11.0. The van der Waals surface area contributed by atoms with Crippen molar-refractivity contribution in [3.05, 3.63) is 54.1 Å². The number of pyridine rings is 1. The summed E-state index contributed by atoms with van der Waals surface area (Å²) in [5.41, 5.74) is 2.61. The van der Waals surface area contributed by atoms with E-state index in [0.717, 1.165) is 5.56 Å². The van der Waals surface area contributed by atoms with E-state index in [1.807, 2.05) is 12.4 Å². The summed E-state index contributed by atoms with van der Waals surface area (Å²) in [5, 5.41) is 9.69. The Morgan fingerprint density at radius 2 is 2.11 bits per heavy atom. The highest BCUT2D eigenvalue weighted by Crippen LogP contribution is 2.24. The van der Waals surface area contributed by atoms with Crippen molar-refractivity contribution in [1.29, 1.82) is 0 Å². The number of hydrogen-bond acceptors (Lipinski definition) is 2. The van der Waals surface area contributed by atoms with Crippen molar-refractivity contribution in [2.75, 3.05) is 0 Å². The van der Waals surface area contributed by atoms with E-state index in [4.69, 9.17) is 0 Å². The molecule has 0 bridgehead atoms. The molecular formula is C14H11FN2O. The van der Waals surface area contributed by atoms with Gasteiger partial charge in [0.1, 0.15) is 5.82 Å². The maximum atomic E-state index is 13.2. The highest BCUT2D eigenvalue weighted by molar-refractivity contribution is 5.66. The van der Waals surface area contributed by atoms with Gasteiger partial charge in [-0.3, -0.25) is 0 Å². The van der Waals surface area contributed by atoms with Crippen LogP contribution < -0.4 is 0 Å². The van der Waals surface area contributed by atoms with Crippen LogP contribution in [0.1, 0.15) is 5.56 Å². The first-order valence-corrected chi connectivity index (χ1v) is 5.58. The van der Waals surface area contributed by atoms with Gasteiger partial charge in [0.2, 0.25) is 0 Å². The quantitative estimate of drug-likeness (QED) is 0.711. The van der Waals surface area contributed by atoms with E-state index in [1.165, 1.54) is 6.07 Å². The van der Waals surface area contributed by atoms with Crippen LogP contribution >= 0.6 is 0 Å². The Bertz CT molecular complexity index is 734. The molecule has 0 aliphatic rings. The molecule has 1 N–H and O–H groups in total. The van der Waals surface area contributed by atoms with Gasteiger partial charge in [0.05, 0.1) is 5.69 Å². The number of benzene rings is 1. The number of fused-ring (bicyclic) bond motifs is 1. The molecule has 0 spiro atoms. The van der Waals surface area contributed by atoms with Crippen molar-refractivity contribution in [1.82, 2.24) is 9.38 Å². The lowest BCUT2D eigenvalue weighted by Crippen LogP contribution is -1.84. The van der Waals surface area contributed by atoms with Gasteiger partial charge in [0.15, 0.2) is 11.4 Å². The molecule has 0 atom stereocenters. The van der Waals surface area contributed by atoms with Crippen LogP contribution in [0.25, 0.3) is 16.9 Å². The third-order valence-electron chi connectivity index (χ3n) is 2.92. The number of hydrogen-bond donors (Lipinski definition) is 1.